The maximum absolute atomic E-state index is 13.1. The standard InChI is InChI=1S/C24H31N3O3/c1-15-17(23(29)27-12-5-6-13-27)8-7-9-19(15)25-22(28)21-18-14-16(24(2,3)4)10-11-20(18)30-26-21/h7-9,16H,5-6,10-14H2,1-4H3,(H,25,28)/t16-/m1/s1. The Morgan fingerprint density at radius 3 is 2.63 bits per heavy atom. The van der Waals surface area contributed by atoms with Crippen molar-refractivity contribution in [2.24, 2.45) is 11.3 Å². The molecule has 0 unspecified atom stereocenters. The van der Waals surface area contributed by atoms with Gasteiger partial charge in [-0.3, -0.25) is 9.59 Å². The molecule has 6 heteroatoms. The van der Waals surface area contributed by atoms with E-state index in [0.717, 1.165) is 62.1 Å². The van der Waals surface area contributed by atoms with Crippen LogP contribution in [-0.4, -0.2) is 35.0 Å². The summed E-state index contributed by atoms with van der Waals surface area (Å²) in [6.07, 6.45) is 4.77. The van der Waals surface area contributed by atoms with E-state index >= 15 is 0 Å². The van der Waals surface area contributed by atoms with E-state index in [1.165, 1.54) is 0 Å². The smallest absolute Gasteiger partial charge is 0.278 e. The predicted molar refractivity (Wildman–Crippen MR) is 116 cm³/mol. The molecule has 0 saturated carbocycles. The molecule has 1 saturated heterocycles. The Balaban J connectivity index is 1.55. The van der Waals surface area contributed by atoms with E-state index in [9.17, 15) is 9.59 Å². The van der Waals surface area contributed by atoms with Crippen molar-refractivity contribution < 1.29 is 14.1 Å². The summed E-state index contributed by atoms with van der Waals surface area (Å²) in [4.78, 5) is 27.8. The lowest BCUT2D eigenvalue weighted by Gasteiger charge is -2.33. The first-order chi connectivity index (χ1) is 14.3. The van der Waals surface area contributed by atoms with Crippen molar-refractivity contribution in [3.63, 3.8) is 0 Å². The van der Waals surface area contributed by atoms with Gasteiger partial charge in [0.15, 0.2) is 5.69 Å². The van der Waals surface area contributed by atoms with E-state index in [2.05, 4.69) is 31.2 Å². The summed E-state index contributed by atoms with van der Waals surface area (Å²) in [5, 5.41) is 7.07. The second kappa shape index (κ2) is 7.89. The zero-order valence-corrected chi connectivity index (χ0v) is 18.4. The van der Waals surface area contributed by atoms with Crippen LogP contribution in [0.2, 0.25) is 0 Å². The number of amides is 2. The maximum atomic E-state index is 13.1. The fraction of sp³-hybridized carbons (Fsp3) is 0.542. The molecule has 6 nitrogen and oxygen atoms in total. The van der Waals surface area contributed by atoms with Gasteiger partial charge in [-0.2, -0.15) is 0 Å². The van der Waals surface area contributed by atoms with Crippen molar-refractivity contribution in [3.8, 4) is 0 Å². The van der Waals surface area contributed by atoms with Crippen LogP contribution in [0.5, 0.6) is 0 Å². The molecular formula is C24H31N3O3. The van der Waals surface area contributed by atoms with Crippen LogP contribution in [0.25, 0.3) is 0 Å². The summed E-state index contributed by atoms with van der Waals surface area (Å²) >= 11 is 0. The number of aromatic nitrogens is 1. The lowest BCUT2D eigenvalue weighted by molar-refractivity contribution is 0.0791. The number of nitrogens with zero attached hydrogens (tertiary/aromatic N) is 2. The topological polar surface area (TPSA) is 75.4 Å². The molecular weight excluding hydrogens is 378 g/mol. The fourth-order valence-electron chi connectivity index (χ4n) is 4.60. The molecule has 1 aliphatic heterocycles. The molecule has 160 valence electrons. The lowest BCUT2D eigenvalue weighted by atomic mass is 9.71. The molecule has 4 rings (SSSR count). The van der Waals surface area contributed by atoms with Crippen molar-refractivity contribution >= 4 is 17.5 Å². The van der Waals surface area contributed by atoms with Gasteiger partial charge in [0.05, 0.1) is 0 Å². The molecule has 1 aliphatic carbocycles. The molecule has 1 atom stereocenters. The van der Waals surface area contributed by atoms with Crippen LogP contribution in [0.1, 0.15) is 77.8 Å². The molecule has 1 N–H and O–H groups in total. The number of likely N-dealkylation sites (tertiary alicyclic amines) is 1. The molecule has 2 amide bonds. The van der Waals surface area contributed by atoms with Gasteiger partial charge in [-0.1, -0.05) is 32.0 Å². The Hall–Kier alpha value is -2.63. The van der Waals surface area contributed by atoms with Crippen molar-refractivity contribution in [3.05, 3.63) is 46.3 Å². The van der Waals surface area contributed by atoms with Crippen molar-refractivity contribution in [2.75, 3.05) is 18.4 Å². The third kappa shape index (κ3) is 3.87. The number of anilines is 1. The molecule has 0 radical (unpaired) electrons. The number of aryl methyl sites for hydroxylation is 1. The summed E-state index contributed by atoms with van der Waals surface area (Å²) in [7, 11) is 0. The Morgan fingerprint density at radius 1 is 1.20 bits per heavy atom. The minimum atomic E-state index is -0.275. The second-order valence-electron chi connectivity index (χ2n) is 9.67. The number of fused-ring (bicyclic) bond motifs is 1. The average molecular weight is 410 g/mol. The van der Waals surface area contributed by atoms with Crippen LogP contribution in [0, 0.1) is 18.3 Å². The zero-order chi connectivity index (χ0) is 21.5. The van der Waals surface area contributed by atoms with Gasteiger partial charge in [0.25, 0.3) is 11.8 Å². The second-order valence-corrected chi connectivity index (χ2v) is 9.67. The number of carbonyl (C=O) groups excluding carboxylic acids is 2. The summed E-state index contributed by atoms with van der Waals surface area (Å²) in [6.45, 7) is 10.2. The van der Waals surface area contributed by atoms with Crippen LogP contribution in [0.15, 0.2) is 22.7 Å². The zero-order valence-electron chi connectivity index (χ0n) is 18.4. The largest absolute Gasteiger partial charge is 0.360 e. The third-order valence-electron chi connectivity index (χ3n) is 6.69. The summed E-state index contributed by atoms with van der Waals surface area (Å²) < 4.78 is 5.50. The van der Waals surface area contributed by atoms with Crippen molar-refractivity contribution in [1.29, 1.82) is 0 Å². The van der Waals surface area contributed by atoms with Crippen molar-refractivity contribution in [2.45, 2.75) is 59.8 Å². The highest BCUT2D eigenvalue weighted by Crippen LogP contribution is 2.38. The SMILES string of the molecule is Cc1c(NC(=O)c2noc3c2C[C@H](C(C)(C)C)CC3)cccc1C(=O)N1CCCC1. The predicted octanol–water partition coefficient (Wildman–Crippen LogP) is 4.62. The monoisotopic (exact) mass is 409 g/mol. The fourth-order valence-corrected chi connectivity index (χ4v) is 4.60. The summed E-state index contributed by atoms with van der Waals surface area (Å²) in [5.74, 6) is 1.07. The average Bonchev–Trinajstić information content (AvgIpc) is 3.38. The van der Waals surface area contributed by atoms with Gasteiger partial charge >= 0.3 is 0 Å². The molecule has 1 fully saturated rings. The number of benzene rings is 1. The van der Waals surface area contributed by atoms with E-state index < -0.39 is 0 Å². The normalized spacial score (nSPS) is 18.9. The quantitative estimate of drug-likeness (QED) is 0.802. The first-order valence-electron chi connectivity index (χ1n) is 10.9. The number of nitrogens with one attached hydrogen (secondary N) is 1. The number of carbonyl (C=O) groups is 2. The van der Waals surface area contributed by atoms with Crippen molar-refractivity contribution in [1.82, 2.24) is 10.1 Å². The maximum Gasteiger partial charge on any atom is 0.278 e. The lowest BCUT2D eigenvalue weighted by Crippen LogP contribution is -2.29. The van der Waals surface area contributed by atoms with Crippen LogP contribution in [-0.2, 0) is 12.8 Å². The molecule has 0 bridgehead atoms. The molecule has 2 aromatic rings. The Kier molecular flexibility index (Phi) is 5.43. The van der Waals surface area contributed by atoms with E-state index in [0.29, 0.717) is 22.9 Å². The van der Waals surface area contributed by atoms with Crippen LogP contribution < -0.4 is 5.32 Å². The first kappa shape index (κ1) is 20.6. The molecule has 0 spiro atoms. The van der Waals surface area contributed by atoms with Gasteiger partial charge in [-0.15, -0.1) is 0 Å². The van der Waals surface area contributed by atoms with Gasteiger partial charge in [-0.25, -0.2) is 0 Å². The van der Waals surface area contributed by atoms with E-state index in [4.69, 9.17) is 4.52 Å². The van der Waals surface area contributed by atoms with Crippen LogP contribution in [0.3, 0.4) is 0 Å². The van der Waals surface area contributed by atoms with Gasteiger partial charge in [0.1, 0.15) is 5.76 Å². The molecule has 30 heavy (non-hydrogen) atoms. The molecule has 2 aliphatic rings. The Bertz CT molecular complexity index is 965. The molecule has 1 aromatic heterocycles. The molecule has 2 heterocycles. The van der Waals surface area contributed by atoms with Gasteiger partial charge in [0, 0.05) is 36.3 Å². The van der Waals surface area contributed by atoms with Gasteiger partial charge < -0.3 is 14.7 Å². The summed E-state index contributed by atoms with van der Waals surface area (Å²) in [6, 6.07) is 5.48. The van der Waals surface area contributed by atoms with E-state index in [-0.39, 0.29) is 17.2 Å². The van der Waals surface area contributed by atoms with Crippen LogP contribution >= 0.6 is 0 Å². The first-order valence-corrected chi connectivity index (χ1v) is 10.9. The van der Waals surface area contributed by atoms with Crippen LogP contribution in [0.4, 0.5) is 5.69 Å². The Morgan fingerprint density at radius 2 is 1.93 bits per heavy atom. The highest BCUT2D eigenvalue weighted by atomic mass is 16.5. The van der Waals surface area contributed by atoms with E-state index in [1.54, 1.807) is 0 Å². The Labute approximate surface area is 178 Å². The summed E-state index contributed by atoms with van der Waals surface area (Å²) in [5.41, 5.74) is 3.54. The number of rotatable bonds is 3. The number of hydrogen-bond donors (Lipinski definition) is 1. The highest BCUT2D eigenvalue weighted by molar-refractivity contribution is 6.05. The van der Waals surface area contributed by atoms with Gasteiger partial charge in [0.2, 0.25) is 0 Å². The number of hydrogen-bond acceptors (Lipinski definition) is 4. The minimum absolute atomic E-state index is 0.0351. The highest BCUT2D eigenvalue weighted by Gasteiger charge is 2.34. The minimum Gasteiger partial charge on any atom is -0.360 e. The van der Waals surface area contributed by atoms with Gasteiger partial charge in [-0.05, 0) is 61.6 Å². The van der Waals surface area contributed by atoms with E-state index in [1.807, 2.05) is 30.0 Å². The molecule has 1 aromatic carbocycles. The third-order valence-corrected chi connectivity index (χ3v) is 6.69.